The van der Waals surface area contributed by atoms with Gasteiger partial charge in [-0.25, -0.2) is 4.79 Å². The van der Waals surface area contributed by atoms with E-state index in [0.717, 1.165) is 6.07 Å². The molecule has 1 fully saturated rings. The number of carboxylic acids is 1. The van der Waals surface area contributed by atoms with Crippen molar-refractivity contribution in [3.05, 3.63) is 34.2 Å². The number of pyridine rings is 1. The first-order valence-corrected chi connectivity index (χ1v) is 4.22. The van der Waals surface area contributed by atoms with Crippen molar-refractivity contribution in [2.45, 2.75) is 6.04 Å². The summed E-state index contributed by atoms with van der Waals surface area (Å²) in [6, 6.07) is 2.60. The molecule has 2 rings (SSSR count). The number of aromatic nitrogens is 1. The normalized spacial score (nSPS) is 16.3. The van der Waals surface area contributed by atoms with Gasteiger partial charge in [0.25, 0.3) is 5.56 Å². The molecule has 0 amide bonds. The van der Waals surface area contributed by atoms with Crippen molar-refractivity contribution >= 4 is 5.97 Å². The topological polar surface area (TPSA) is 68.5 Å². The van der Waals surface area contributed by atoms with E-state index in [9.17, 15) is 9.59 Å². The van der Waals surface area contributed by atoms with Crippen molar-refractivity contribution in [2.24, 2.45) is 0 Å². The molecule has 0 saturated carbocycles. The molecule has 0 spiro atoms. The summed E-state index contributed by atoms with van der Waals surface area (Å²) in [5.41, 5.74) is -0.273. The maximum atomic E-state index is 11.4. The van der Waals surface area contributed by atoms with Crippen LogP contribution >= 0.6 is 0 Å². The van der Waals surface area contributed by atoms with E-state index < -0.39 is 5.97 Å². The largest absolute Gasteiger partial charge is 0.478 e. The lowest BCUT2D eigenvalue weighted by Crippen LogP contribution is -2.37. The number of nitrogens with zero attached hydrogens (tertiary/aromatic N) is 1. The second kappa shape index (κ2) is 3.26. The molecule has 1 aliphatic heterocycles. The molecule has 0 radical (unpaired) electrons. The molecule has 0 aromatic carbocycles. The molecule has 0 bridgehead atoms. The highest BCUT2D eigenvalue weighted by atomic mass is 16.5. The second-order valence-corrected chi connectivity index (χ2v) is 3.16. The summed E-state index contributed by atoms with van der Waals surface area (Å²) in [5.74, 6) is -1.08. The minimum atomic E-state index is -1.08. The van der Waals surface area contributed by atoms with Gasteiger partial charge in [-0.15, -0.1) is 0 Å². The summed E-state index contributed by atoms with van der Waals surface area (Å²) in [6.45, 7) is 1.04. The molecular weight excluding hydrogens is 186 g/mol. The van der Waals surface area contributed by atoms with Crippen LogP contribution in [0.3, 0.4) is 0 Å². The smallest absolute Gasteiger partial charge is 0.335 e. The van der Waals surface area contributed by atoms with Crippen LogP contribution in [0.15, 0.2) is 23.1 Å². The molecule has 0 unspecified atom stereocenters. The number of aromatic carboxylic acids is 1. The zero-order valence-electron chi connectivity index (χ0n) is 7.34. The average molecular weight is 195 g/mol. The van der Waals surface area contributed by atoms with Gasteiger partial charge in [0.05, 0.1) is 24.8 Å². The first kappa shape index (κ1) is 8.96. The molecular formula is C9H9NO4. The number of hydrogen-bond acceptors (Lipinski definition) is 3. The van der Waals surface area contributed by atoms with Crippen LogP contribution in [0, 0.1) is 0 Å². The third kappa shape index (κ3) is 1.42. The Morgan fingerprint density at radius 1 is 1.57 bits per heavy atom. The van der Waals surface area contributed by atoms with Gasteiger partial charge in [-0.05, 0) is 6.07 Å². The Labute approximate surface area is 79.5 Å². The van der Waals surface area contributed by atoms with Gasteiger partial charge in [-0.1, -0.05) is 0 Å². The van der Waals surface area contributed by atoms with Gasteiger partial charge in [0, 0.05) is 12.3 Å². The maximum Gasteiger partial charge on any atom is 0.335 e. The lowest BCUT2D eigenvalue weighted by Gasteiger charge is -2.27. The molecule has 1 aromatic heterocycles. The van der Waals surface area contributed by atoms with Crippen LogP contribution < -0.4 is 5.56 Å². The third-order valence-corrected chi connectivity index (χ3v) is 2.21. The minimum Gasteiger partial charge on any atom is -0.478 e. The van der Waals surface area contributed by atoms with Crippen LogP contribution in [0.5, 0.6) is 0 Å². The molecule has 1 saturated heterocycles. The number of carbonyl (C=O) groups is 1. The zero-order chi connectivity index (χ0) is 10.1. The SMILES string of the molecule is O=C(O)c1ccn(C2COC2)c(=O)c1. The highest BCUT2D eigenvalue weighted by Gasteiger charge is 2.21. The maximum absolute atomic E-state index is 11.4. The molecule has 74 valence electrons. The lowest BCUT2D eigenvalue weighted by atomic mass is 10.2. The number of hydrogen-bond donors (Lipinski definition) is 1. The Morgan fingerprint density at radius 2 is 2.29 bits per heavy atom. The first-order valence-electron chi connectivity index (χ1n) is 4.22. The van der Waals surface area contributed by atoms with Gasteiger partial charge in [-0.2, -0.15) is 0 Å². The van der Waals surface area contributed by atoms with E-state index in [1.165, 1.54) is 16.8 Å². The van der Waals surface area contributed by atoms with Gasteiger partial charge in [0.1, 0.15) is 0 Å². The van der Waals surface area contributed by atoms with E-state index in [1.807, 2.05) is 0 Å². The fourth-order valence-electron chi connectivity index (χ4n) is 1.31. The van der Waals surface area contributed by atoms with Gasteiger partial charge in [-0.3, -0.25) is 4.79 Å². The van der Waals surface area contributed by atoms with Crippen LogP contribution in [0.4, 0.5) is 0 Å². The Morgan fingerprint density at radius 3 is 2.71 bits per heavy atom. The molecule has 14 heavy (non-hydrogen) atoms. The van der Waals surface area contributed by atoms with Gasteiger partial charge >= 0.3 is 5.97 Å². The molecule has 1 N–H and O–H groups in total. The fraction of sp³-hybridized carbons (Fsp3) is 0.333. The van der Waals surface area contributed by atoms with Crippen molar-refractivity contribution in [2.75, 3.05) is 13.2 Å². The van der Waals surface area contributed by atoms with Crippen LogP contribution in [0.1, 0.15) is 16.4 Å². The number of carboxylic acid groups (broad SMARTS) is 1. The summed E-state index contributed by atoms with van der Waals surface area (Å²) in [6.07, 6.45) is 1.50. The summed E-state index contributed by atoms with van der Waals surface area (Å²) >= 11 is 0. The minimum absolute atomic E-state index is 0.0199. The quantitative estimate of drug-likeness (QED) is 0.727. The molecule has 2 heterocycles. The summed E-state index contributed by atoms with van der Waals surface area (Å²) in [5, 5.41) is 8.64. The van der Waals surface area contributed by atoms with E-state index >= 15 is 0 Å². The van der Waals surface area contributed by atoms with Crippen molar-refractivity contribution in [3.63, 3.8) is 0 Å². The van der Waals surface area contributed by atoms with Crippen LogP contribution in [-0.2, 0) is 4.74 Å². The van der Waals surface area contributed by atoms with E-state index in [-0.39, 0.29) is 17.2 Å². The van der Waals surface area contributed by atoms with Crippen LogP contribution in [0.2, 0.25) is 0 Å². The predicted molar refractivity (Wildman–Crippen MR) is 47.5 cm³/mol. The Balaban J connectivity index is 2.36. The molecule has 5 heteroatoms. The second-order valence-electron chi connectivity index (χ2n) is 3.16. The third-order valence-electron chi connectivity index (χ3n) is 2.21. The van der Waals surface area contributed by atoms with E-state index in [0.29, 0.717) is 13.2 Å². The average Bonchev–Trinajstić information content (AvgIpc) is 2.04. The Bertz CT molecular complexity index is 419. The van der Waals surface area contributed by atoms with Crippen molar-refractivity contribution in [1.29, 1.82) is 0 Å². The monoisotopic (exact) mass is 195 g/mol. The summed E-state index contributed by atoms with van der Waals surface area (Å²) in [7, 11) is 0. The van der Waals surface area contributed by atoms with E-state index in [4.69, 9.17) is 9.84 Å². The molecule has 5 nitrogen and oxygen atoms in total. The Kier molecular flexibility index (Phi) is 2.09. The van der Waals surface area contributed by atoms with Gasteiger partial charge in [0.15, 0.2) is 0 Å². The van der Waals surface area contributed by atoms with Crippen LogP contribution in [-0.4, -0.2) is 28.9 Å². The van der Waals surface area contributed by atoms with E-state index in [1.54, 1.807) is 0 Å². The highest BCUT2D eigenvalue weighted by Crippen LogP contribution is 2.14. The van der Waals surface area contributed by atoms with Crippen molar-refractivity contribution in [3.8, 4) is 0 Å². The predicted octanol–water partition coefficient (Wildman–Crippen LogP) is 0.118. The highest BCUT2D eigenvalue weighted by molar-refractivity contribution is 5.87. The summed E-state index contributed by atoms with van der Waals surface area (Å²) in [4.78, 5) is 22.0. The standard InChI is InChI=1S/C9H9NO4/c11-8-3-6(9(12)13)1-2-10(8)7-4-14-5-7/h1-3,7H,4-5H2,(H,12,13). The molecule has 0 atom stereocenters. The lowest BCUT2D eigenvalue weighted by molar-refractivity contribution is -0.0248. The first-order chi connectivity index (χ1) is 6.68. The van der Waals surface area contributed by atoms with Gasteiger partial charge < -0.3 is 14.4 Å². The fourth-order valence-corrected chi connectivity index (χ4v) is 1.31. The van der Waals surface area contributed by atoms with Crippen LogP contribution in [0.25, 0.3) is 0 Å². The van der Waals surface area contributed by atoms with E-state index in [2.05, 4.69) is 0 Å². The molecule has 0 aliphatic carbocycles. The van der Waals surface area contributed by atoms with Crippen molar-refractivity contribution < 1.29 is 14.6 Å². The summed E-state index contributed by atoms with van der Waals surface area (Å²) < 4.78 is 6.44. The number of rotatable bonds is 2. The molecule has 1 aromatic rings. The number of ether oxygens (including phenoxy) is 1. The molecule has 1 aliphatic rings. The van der Waals surface area contributed by atoms with Crippen molar-refractivity contribution in [1.82, 2.24) is 4.57 Å². The zero-order valence-corrected chi connectivity index (χ0v) is 7.34. The Hall–Kier alpha value is -1.62. The van der Waals surface area contributed by atoms with Gasteiger partial charge in [0.2, 0.25) is 0 Å².